The zero-order chi connectivity index (χ0) is 11.3. The van der Waals surface area contributed by atoms with Crippen LogP contribution in [0.3, 0.4) is 0 Å². The van der Waals surface area contributed by atoms with Crippen LogP contribution in [0, 0.1) is 0 Å². The molecule has 1 rings (SSSR count). The minimum absolute atomic E-state index is 0.142. The van der Waals surface area contributed by atoms with Crippen LogP contribution in [-0.4, -0.2) is 49.6 Å². The number of methoxy groups -OCH3 is 1. The van der Waals surface area contributed by atoms with Crippen molar-refractivity contribution < 1.29 is 23.8 Å². The van der Waals surface area contributed by atoms with Gasteiger partial charge in [0.1, 0.15) is 0 Å². The molecule has 0 bridgehead atoms. The normalized spacial score (nSPS) is 23.2. The molecule has 1 saturated heterocycles. The highest BCUT2D eigenvalue weighted by atomic mass is 79.9. The number of Topliss-reactive ketones (excluding diaryl/α,β-unsaturated/α-hetero) is 1. The van der Waals surface area contributed by atoms with E-state index in [9.17, 15) is 9.59 Å². The highest BCUT2D eigenvalue weighted by Gasteiger charge is 2.27. The monoisotopic (exact) mass is 280 g/mol. The largest absolute Gasteiger partial charge is 0.463 e. The molecule has 5 nitrogen and oxygen atoms in total. The van der Waals surface area contributed by atoms with Crippen molar-refractivity contribution in [1.82, 2.24) is 0 Å². The number of hydrogen-bond acceptors (Lipinski definition) is 5. The molecule has 0 saturated carbocycles. The summed E-state index contributed by atoms with van der Waals surface area (Å²) >= 11 is 3.13. The standard InChI is InChI=1S/C9H13BrO5/c1-13-9(12)8(11)7(10)4-6-5-14-2-3-15-6/h6-7H,2-5H2,1H3. The maximum absolute atomic E-state index is 11.3. The van der Waals surface area contributed by atoms with Crippen LogP contribution in [0.5, 0.6) is 0 Å². The molecule has 6 heteroatoms. The van der Waals surface area contributed by atoms with Crippen LogP contribution in [0.15, 0.2) is 0 Å². The van der Waals surface area contributed by atoms with Crippen molar-refractivity contribution in [1.29, 1.82) is 0 Å². The lowest BCUT2D eigenvalue weighted by Crippen LogP contribution is -2.34. The SMILES string of the molecule is COC(=O)C(=O)C(Br)CC1COCCO1. The molecule has 0 radical (unpaired) electrons. The van der Waals surface area contributed by atoms with Crippen LogP contribution in [0.2, 0.25) is 0 Å². The average Bonchev–Trinajstić information content (AvgIpc) is 2.28. The van der Waals surface area contributed by atoms with Crippen molar-refractivity contribution >= 4 is 27.7 Å². The van der Waals surface area contributed by atoms with Gasteiger partial charge in [-0.15, -0.1) is 0 Å². The van der Waals surface area contributed by atoms with Gasteiger partial charge in [-0.25, -0.2) is 4.79 Å². The molecular formula is C9H13BrO5. The van der Waals surface area contributed by atoms with E-state index in [0.29, 0.717) is 26.2 Å². The van der Waals surface area contributed by atoms with Crippen molar-refractivity contribution in [2.45, 2.75) is 17.4 Å². The molecule has 1 fully saturated rings. The maximum atomic E-state index is 11.3. The Morgan fingerprint density at radius 1 is 1.53 bits per heavy atom. The van der Waals surface area contributed by atoms with E-state index in [1.165, 1.54) is 7.11 Å². The third-order valence-electron chi connectivity index (χ3n) is 2.03. The van der Waals surface area contributed by atoms with E-state index < -0.39 is 16.6 Å². The summed E-state index contributed by atoms with van der Waals surface area (Å²) < 4.78 is 14.9. The molecular weight excluding hydrogens is 268 g/mol. The summed E-state index contributed by atoms with van der Waals surface area (Å²) in [6.07, 6.45) is 0.269. The predicted octanol–water partition coefficient (Wildman–Crippen LogP) is 0.297. The van der Waals surface area contributed by atoms with E-state index in [2.05, 4.69) is 20.7 Å². The van der Waals surface area contributed by atoms with Crippen LogP contribution in [0.25, 0.3) is 0 Å². The van der Waals surface area contributed by atoms with Gasteiger partial charge in [-0.2, -0.15) is 0 Å². The van der Waals surface area contributed by atoms with Crippen LogP contribution in [0.4, 0.5) is 0 Å². The number of halogens is 1. The molecule has 0 N–H and O–H groups in total. The Balaban J connectivity index is 2.36. The number of esters is 1. The lowest BCUT2D eigenvalue weighted by molar-refractivity contribution is -0.152. The van der Waals surface area contributed by atoms with Crippen LogP contribution < -0.4 is 0 Å². The topological polar surface area (TPSA) is 61.8 Å². The molecule has 1 aliphatic rings. The van der Waals surface area contributed by atoms with Crippen molar-refractivity contribution in [2.75, 3.05) is 26.9 Å². The Morgan fingerprint density at radius 3 is 2.80 bits per heavy atom. The second kappa shape index (κ2) is 6.19. The predicted molar refractivity (Wildman–Crippen MR) is 54.9 cm³/mol. The maximum Gasteiger partial charge on any atom is 0.375 e. The number of hydrogen-bond donors (Lipinski definition) is 0. The number of ether oxygens (including phenoxy) is 3. The van der Waals surface area contributed by atoms with Crippen molar-refractivity contribution in [3.8, 4) is 0 Å². The van der Waals surface area contributed by atoms with E-state index in [0.717, 1.165) is 0 Å². The van der Waals surface area contributed by atoms with E-state index in [4.69, 9.17) is 9.47 Å². The second-order valence-corrected chi connectivity index (χ2v) is 4.23. The fourth-order valence-electron chi connectivity index (χ4n) is 1.24. The van der Waals surface area contributed by atoms with E-state index in [1.54, 1.807) is 0 Å². The Morgan fingerprint density at radius 2 is 2.27 bits per heavy atom. The third kappa shape index (κ3) is 3.89. The van der Waals surface area contributed by atoms with E-state index >= 15 is 0 Å². The first-order valence-corrected chi connectivity index (χ1v) is 5.52. The van der Waals surface area contributed by atoms with Gasteiger partial charge in [0, 0.05) is 0 Å². The van der Waals surface area contributed by atoms with Gasteiger partial charge in [-0.05, 0) is 6.42 Å². The van der Waals surface area contributed by atoms with Gasteiger partial charge >= 0.3 is 5.97 Å². The summed E-state index contributed by atoms with van der Waals surface area (Å²) in [5.74, 6) is -1.43. The quantitative estimate of drug-likeness (QED) is 0.421. The summed E-state index contributed by atoms with van der Waals surface area (Å²) in [5, 5.41) is 0. The summed E-state index contributed by atoms with van der Waals surface area (Å²) in [6, 6.07) is 0. The van der Waals surface area contributed by atoms with Gasteiger partial charge in [-0.3, -0.25) is 4.79 Å². The minimum Gasteiger partial charge on any atom is -0.463 e. The van der Waals surface area contributed by atoms with Crippen molar-refractivity contribution in [2.24, 2.45) is 0 Å². The van der Waals surface area contributed by atoms with Gasteiger partial charge in [0.2, 0.25) is 0 Å². The lowest BCUT2D eigenvalue weighted by Gasteiger charge is -2.24. The van der Waals surface area contributed by atoms with Gasteiger partial charge < -0.3 is 14.2 Å². The van der Waals surface area contributed by atoms with Crippen LogP contribution in [-0.2, 0) is 23.8 Å². The minimum atomic E-state index is -0.839. The van der Waals surface area contributed by atoms with E-state index in [-0.39, 0.29) is 6.10 Å². The first-order valence-electron chi connectivity index (χ1n) is 4.60. The van der Waals surface area contributed by atoms with Crippen LogP contribution >= 0.6 is 15.9 Å². The first-order chi connectivity index (χ1) is 7.15. The van der Waals surface area contributed by atoms with Gasteiger partial charge in [-0.1, -0.05) is 15.9 Å². The first kappa shape index (κ1) is 12.6. The second-order valence-electron chi connectivity index (χ2n) is 3.13. The highest BCUT2D eigenvalue weighted by molar-refractivity contribution is 9.10. The fraction of sp³-hybridized carbons (Fsp3) is 0.778. The Hall–Kier alpha value is -0.460. The molecule has 2 unspecified atom stereocenters. The van der Waals surface area contributed by atoms with Crippen molar-refractivity contribution in [3.63, 3.8) is 0 Å². The summed E-state index contributed by atoms with van der Waals surface area (Å²) in [7, 11) is 1.18. The molecule has 0 aromatic rings. The zero-order valence-electron chi connectivity index (χ0n) is 8.40. The molecule has 0 aromatic carbocycles. The lowest BCUT2D eigenvalue weighted by atomic mass is 10.1. The number of ketones is 1. The summed E-state index contributed by atoms with van der Waals surface area (Å²) in [5.41, 5.74) is 0. The number of carbonyl (C=O) groups excluding carboxylic acids is 2. The highest BCUT2D eigenvalue weighted by Crippen LogP contribution is 2.15. The molecule has 15 heavy (non-hydrogen) atoms. The molecule has 1 aliphatic heterocycles. The molecule has 0 amide bonds. The summed E-state index contributed by atoms with van der Waals surface area (Å²) in [6.45, 7) is 1.56. The Bertz CT molecular complexity index is 237. The number of rotatable bonds is 4. The average molecular weight is 281 g/mol. The number of alkyl halides is 1. The van der Waals surface area contributed by atoms with Gasteiger partial charge in [0.05, 0.1) is 37.9 Å². The fourth-order valence-corrected chi connectivity index (χ4v) is 1.84. The molecule has 0 spiro atoms. The van der Waals surface area contributed by atoms with E-state index in [1.807, 2.05) is 0 Å². The molecule has 2 atom stereocenters. The van der Waals surface area contributed by atoms with Gasteiger partial charge in [0.25, 0.3) is 5.78 Å². The molecule has 86 valence electrons. The molecule has 0 aromatic heterocycles. The van der Waals surface area contributed by atoms with Gasteiger partial charge in [0.15, 0.2) is 0 Å². The molecule has 1 heterocycles. The third-order valence-corrected chi connectivity index (χ3v) is 2.82. The van der Waals surface area contributed by atoms with Crippen LogP contribution in [0.1, 0.15) is 6.42 Å². The van der Waals surface area contributed by atoms with Crippen molar-refractivity contribution in [3.05, 3.63) is 0 Å². The zero-order valence-corrected chi connectivity index (χ0v) is 9.99. The number of carbonyl (C=O) groups is 2. The molecule has 0 aliphatic carbocycles. The Labute approximate surface area is 96.2 Å². The smallest absolute Gasteiger partial charge is 0.375 e. The Kier molecular flexibility index (Phi) is 5.21. The summed E-state index contributed by atoms with van der Waals surface area (Å²) in [4.78, 5) is 21.7.